The number of rotatable bonds is 1. The van der Waals surface area contributed by atoms with Crippen LogP contribution < -0.4 is 0 Å². The maximum atomic E-state index is 9.35. The van der Waals surface area contributed by atoms with Crippen molar-refractivity contribution in [1.29, 1.82) is 0 Å². The van der Waals surface area contributed by atoms with Crippen molar-refractivity contribution >= 4 is 0 Å². The van der Waals surface area contributed by atoms with E-state index in [-0.39, 0.29) is 0 Å². The first kappa shape index (κ1) is 11.7. The Kier molecular flexibility index (Phi) is 2.93. The van der Waals surface area contributed by atoms with E-state index in [9.17, 15) is 5.11 Å². The van der Waals surface area contributed by atoms with E-state index in [4.69, 9.17) is 0 Å². The van der Waals surface area contributed by atoms with Crippen LogP contribution in [-0.2, 0) is 0 Å². The molecule has 2 aromatic carbocycles. The highest BCUT2D eigenvalue weighted by Crippen LogP contribution is 2.32. The number of phenolic OH excluding ortho intramolecular Hbond substituents is 1. The molecule has 0 aromatic heterocycles. The van der Waals surface area contributed by atoms with Crippen LogP contribution in [0.5, 0.6) is 5.75 Å². The number of hydrogen-bond acceptors (Lipinski definition) is 1. The largest absolute Gasteiger partial charge is 0.508 e. The van der Waals surface area contributed by atoms with Crippen molar-refractivity contribution in [3.05, 3.63) is 52.6 Å². The molecule has 0 saturated heterocycles. The number of phenols is 1. The lowest BCUT2D eigenvalue weighted by atomic mass is 9.90. The third-order valence-corrected chi connectivity index (χ3v) is 3.52. The molecule has 0 aliphatic heterocycles. The lowest BCUT2D eigenvalue weighted by Gasteiger charge is -2.15. The second kappa shape index (κ2) is 4.25. The molecule has 1 heteroatoms. The highest BCUT2D eigenvalue weighted by Gasteiger charge is 2.10. The van der Waals surface area contributed by atoms with E-state index in [0.717, 1.165) is 0 Å². The third kappa shape index (κ3) is 2.05. The van der Waals surface area contributed by atoms with E-state index in [1.54, 1.807) is 12.1 Å². The summed E-state index contributed by atoms with van der Waals surface area (Å²) >= 11 is 0. The lowest BCUT2D eigenvalue weighted by Crippen LogP contribution is -1.94. The summed E-state index contributed by atoms with van der Waals surface area (Å²) in [6.07, 6.45) is 0. The van der Waals surface area contributed by atoms with Gasteiger partial charge in [0.05, 0.1) is 0 Å². The predicted molar refractivity (Wildman–Crippen MR) is 72.5 cm³/mol. The highest BCUT2D eigenvalue weighted by molar-refractivity contribution is 5.73. The summed E-state index contributed by atoms with van der Waals surface area (Å²) in [4.78, 5) is 0. The molecule has 17 heavy (non-hydrogen) atoms. The maximum Gasteiger partial charge on any atom is 0.115 e. The van der Waals surface area contributed by atoms with Crippen LogP contribution >= 0.6 is 0 Å². The first-order chi connectivity index (χ1) is 8.00. The summed E-state index contributed by atoms with van der Waals surface area (Å²) in [5, 5.41) is 9.35. The van der Waals surface area contributed by atoms with Crippen molar-refractivity contribution in [3.8, 4) is 16.9 Å². The molecule has 0 bridgehead atoms. The van der Waals surface area contributed by atoms with Crippen LogP contribution in [0.4, 0.5) is 0 Å². The Morgan fingerprint density at radius 2 is 1.24 bits per heavy atom. The van der Waals surface area contributed by atoms with Gasteiger partial charge in [-0.05, 0) is 73.2 Å². The average Bonchev–Trinajstić information content (AvgIpc) is 2.29. The lowest BCUT2D eigenvalue weighted by molar-refractivity contribution is 0.475. The van der Waals surface area contributed by atoms with E-state index in [1.165, 1.54) is 33.4 Å². The molecule has 0 atom stereocenters. The monoisotopic (exact) mass is 226 g/mol. The number of aryl methyl sites for hydroxylation is 2. The van der Waals surface area contributed by atoms with E-state index >= 15 is 0 Å². The van der Waals surface area contributed by atoms with Gasteiger partial charge in [0.2, 0.25) is 0 Å². The fourth-order valence-electron chi connectivity index (χ4n) is 2.28. The molecule has 0 spiro atoms. The molecule has 1 N–H and O–H groups in total. The van der Waals surface area contributed by atoms with Gasteiger partial charge in [-0.3, -0.25) is 0 Å². The highest BCUT2D eigenvalue weighted by atomic mass is 16.3. The van der Waals surface area contributed by atoms with Crippen LogP contribution in [0.1, 0.15) is 22.3 Å². The fourth-order valence-corrected chi connectivity index (χ4v) is 2.28. The third-order valence-electron chi connectivity index (χ3n) is 3.52. The van der Waals surface area contributed by atoms with E-state index in [1.807, 2.05) is 12.1 Å². The van der Waals surface area contributed by atoms with Crippen molar-refractivity contribution in [2.45, 2.75) is 27.7 Å². The zero-order chi connectivity index (χ0) is 12.6. The quantitative estimate of drug-likeness (QED) is 0.769. The van der Waals surface area contributed by atoms with Crippen molar-refractivity contribution in [1.82, 2.24) is 0 Å². The van der Waals surface area contributed by atoms with E-state index in [0.29, 0.717) is 5.75 Å². The van der Waals surface area contributed by atoms with E-state index in [2.05, 4.69) is 33.8 Å². The van der Waals surface area contributed by atoms with Gasteiger partial charge in [0.1, 0.15) is 5.75 Å². The molecule has 0 aliphatic rings. The SMILES string of the molecule is Cc1cc(C)c(C)c(-c2ccc(O)cc2)c1C. The van der Waals surface area contributed by atoms with Gasteiger partial charge in [0, 0.05) is 0 Å². The van der Waals surface area contributed by atoms with Gasteiger partial charge in [0.25, 0.3) is 0 Å². The van der Waals surface area contributed by atoms with Crippen LogP contribution in [0.2, 0.25) is 0 Å². The van der Waals surface area contributed by atoms with Crippen molar-refractivity contribution in [2.24, 2.45) is 0 Å². The molecule has 0 saturated carbocycles. The Morgan fingerprint density at radius 3 is 1.71 bits per heavy atom. The van der Waals surface area contributed by atoms with Crippen LogP contribution in [0.15, 0.2) is 30.3 Å². The first-order valence-corrected chi connectivity index (χ1v) is 5.87. The molecular weight excluding hydrogens is 208 g/mol. The minimum absolute atomic E-state index is 0.313. The summed E-state index contributed by atoms with van der Waals surface area (Å²) in [5.74, 6) is 0.313. The first-order valence-electron chi connectivity index (χ1n) is 5.87. The molecule has 0 heterocycles. The van der Waals surface area contributed by atoms with Crippen LogP contribution in [-0.4, -0.2) is 5.11 Å². The normalized spacial score (nSPS) is 10.6. The van der Waals surface area contributed by atoms with Crippen molar-refractivity contribution in [3.63, 3.8) is 0 Å². The second-order valence-electron chi connectivity index (χ2n) is 4.68. The van der Waals surface area contributed by atoms with Gasteiger partial charge >= 0.3 is 0 Å². The Morgan fingerprint density at radius 1 is 0.765 bits per heavy atom. The standard InChI is InChI=1S/C16H18O/c1-10-9-11(2)13(4)16(12(10)3)14-5-7-15(17)8-6-14/h5-9,17H,1-4H3. The summed E-state index contributed by atoms with van der Waals surface area (Å²) in [6.45, 7) is 8.60. The second-order valence-corrected chi connectivity index (χ2v) is 4.68. The van der Waals surface area contributed by atoms with Gasteiger partial charge in [-0.25, -0.2) is 0 Å². The van der Waals surface area contributed by atoms with Gasteiger partial charge in [-0.15, -0.1) is 0 Å². The Labute approximate surface area is 103 Å². The molecule has 0 amide bonds. The zero-order valence-electron chi connectivity index (χ0n) is 10.8. The molecular formula is C16H18O. The summed E-state index contributed by atoms with van der Waals surface area (Å²) in [7, 11) is 0. The molecule has 0 aliphatic carbocycles. The Balaban J connectivity index is 2.70. The summed E-state index contributed by atoms with van der Waals surface area (Å²) < 4.78 is 0. The smallest absolute Gasteiger partial charge is 0.115 e. The van der Waals surface area contributed by atoms with Gasteiger partial charge < -0.3 is 5.11 Å². The van der Waals surface area contributed by atoms with Crippen LogP contribution in [0.25, 0.3) is 11.1 Å². The number of benzene rings is 2. The summed E-state index contributed by atoms with van der Waals surface area (Å²) in [6, 6.07) is 9.67. The van der Waals surface area contributed by atoms with Gasteiger partial charge in [-0.2, -0.15) is 0 Å². The molecule has 2 rings (SSSR count). The maximum absolute atomic E-state index is 9.35. The summed E-state index contributed by atoms with van der Waals surface area (Å²) in [5.41, 5.74) is 7.73. The Bertz CT molecular complexity index is 524. The Hall–Kier alpha value is -1.76. The number of hydrogen-bond donors (Lipinski definition) is 1. The topological polar surface area (TPSA) is 20.2 Å². The minimum Gasteiger partial charge on any atom is -0.508 e. The average molecular weight is 226 g/mol. The van der Waals surface area contributed by atoms with Gasteiger partial charge in [-0.1, -0.05) is 18.2 Å². The molecule has 2 aromatic rings. The predicted octanol–water partition coefficient (Wildman–Crippen LogP) is 4.29. The van der Waals surface area contributed by atoms with E-state index < -0.39 is 0 Å². The minimum atomic E-state index is 0.313. The fraction of sp³-hybridized carbons (Fsp3) is 0.250. The van der Waals surface area contributed by atoms with Crippen LogP contribution in [0.3, 0.4) is 0 Å². The number of aromatic hydroxyl groups is 1. The molecule has 0 radical (unpaired) electrons. The molecule has 0 unspecified atom stereocenters. The zero-order valence-corrected chi connectivity index (χ0v) is 10.8. The van der Waals surface area contributed by atoms with Crippen molar-refractivity contribution < 1.29 is 5.11 Å². The molecule has 88 valence electrons. The van der Waals surface area contributed by atoms with Crippen molar-refractivity contribution in [2.75, 3.05) is 0 Å². The van der Waals surface area contributed by atoms with Gasteiger partial charge in [0.15, 0.2) is 0 Å². The molecule has 0 fully saturated rings. The van der Waals surface area contributed by atoms with Crippen LogP contribution in [0, 0.1) is 27.7 Å². The molecule has 1 nitrogen and oxygen atoms in total.